The van der Waals surface area contributed by atoms with Crippen LogP contribution in [0.5, 0.6) is 0 Å². The molecule has 5 heterocycles. The molecule has 218 valence electrons. The van der Waals surface area contributed by atoms with Gasteiger partial charge in [0.2, 0.25) is 0 Å². The standard InChI is InChI=1S/C34H38N4O4/c1-17-19(3)27-14-29-21(5)23(9-11-33(39)41-7)31(37-29)16-32-24(10-12-34(40)42-8)22(6)30(38-32)15-28-20(4)18(2)26(36-28)13-25(17)35-27/h13-16,37-38H,9-12H2,1-8H3/i13+1. The quantitative estimate of drug-likeness (QED) is 0.309. The number of aromatic nitrogens is 4. The van der Waals surface area contributed by atoms with Gasteiger partial charge in [-0.2, -0.15) is 0 Å². The van der Waals surface area contributed by atoms with Gasteiger partial charge in [0.1, 0.15) is 0 Å². The highest BCUT2D eigenvalue weighted by molar-refractivity contribution is 5.94. The van der Waals surface area contributed by atoms with E-state index in [-0.39, 0.29) is 24.8 Å². The first kappa shape index (κ1) is 29.0. The summed E-state index contributed by atoms with van der Waals surface area (Å²) >= 11 is 0. The van der Waals surface area contributed by atoms with Gasteiger partial charge < -0.3 is 19.4 Å². The van der Waals surface area contributed by atoms with Gasteiger partial charge in [-0.15, -0.1) is 0 Å². The highest BCUT2D eigenvalue weighted by Gasteiger charge is 2.19. The molecule has 3 aromatic rings. The molecule has 3 aromatic heterocycles. The zero-order chi connectivity index (χ0) is 30.3. The smallest absolute Gasteiger partial charge is 0.305 e. The van der Waals surface area contributed by atoms with Crippen LogP contribution in [0.3, 0.4) is 0 Å². The molecule has 42 heavy (non-hydrogen) atoms. The van der Waals surface area contributed by atoms with Crippen molar-refractivity contribution in [3.63, 3.8) is 0 Å². The summed E-state index contributed by atoms with van der Waals surface area (Å²) in [4.78, 5) is 41.5. The molecule has 0 aliphatic carbocycles. The van der Waals surface area contributed by atoms with Crippen LogP contribution in [0.1, 0.15) is 85.6 Å². The van der Waals surface area contributed by atoms with E-state index < -0.39 is 0 Å². The first-order valence-electron chi connectivity index (χ1n) is 14.3. The van der Waals surface area contributed by atoms with Crippen LogP contribution < -0.4 is 0 Å². The average Bonchev–Trinajstić information content (AvgIpc) is 3.61. The van der Waals surface area contributed by atoms with Crippen molar-refractivity contribution in [3.8, 4) is 0 Å². The van der Waals surface area contributed by atoms with Crippen LogP contribution in [0.15, 0.2) is 24.3 Å². The number of fused-ring (bicyclic) bond motifs is 8. The molecule has 0 amide bonds. The fraction of sp³-hybridized carbons (Fsp3) is 0.353. The topological polar surface area (TPSA) is 110 Å². The Bertz CT molecular complexity index is 1720. The van der Waals surface area contributed by atoms with E-state index in [1.54, 1.807) is 0 Å². The Morgan fingerprint density at radius 3 is 1.29 bits per heavy atom. The fourth-order valence-corrected chi connectivity index (χ4v) is 5.67. The first-order chi connectivity index (χ1) is 20.0. The Balaban J connectivity index is 1.89. The molecule has 2 aliphatic heterocycles. The molecule has 2 aliphatic rings. The summed E-state index contributed by atoms with van der Waals surface area (Å²) < 4.78 is 9.88. The molecule has 0 fully saturated rings. The average molecular weight is 568 g/mol. The molecule has 8 heteroatoms. The van der Waals surface area contributed by atoms with E-state index in [2.05, 4.69) is 75.8 Å². The Morgan fingerprint density at radius 1 is 0.571 bits per heavy atom. The van der Waals surface area contributed by atoms with Gasteiger partial charge in [-0.1, -0.05) is 0 Å². The molecule has 0 saturated heterocycles. The third-order valence-corrected chi connectivity index (χ3v) is 8.78. The number of aromatic amines is 2. The zero-order valence-corrected chi connectivity index (χ0v) is 25.7. The lowest BCUT2D eigenvalue weighted by atomic mass is 10.0. The second-order valence-electron chi connectivity index (χ2n) is 11.1. The highest BCUT2D eigenvalue weighted by Crippen LogP contribution is 2.35. The summed E-state index contributed by atoms with van der Waals surface area (Å²) in [5.41, 5.74) is 15.9. The van der Waals surface area contributed by atoms with Crippen molar-refractivity contribution in [2.75, 3.05) is 14.2 Å². The van der Waals surface area contributed by atoms with Crippen LogP contribution in [0.25, 0.3) is 44.4 Å². The molecule has 8 nitrogen and oxygen atoms in total. The van der Waals surface area contributed by atoms with Crippen LogP contribution in [-0.2, 0) is 31.9 Å². The molecule has 0 atom stereocenters. The van der Waals surface area contributed by atoms with Crippen LogP contribution in [-0.4, -0.2) is 46.1 Å². The third-order valence-electron chi connectivity index (χ3n) is 8.78. The lowest BCUT2D eigenvalue weighted by Gasteiger charge is -2.02. The van der Waals surface area contributed by atoms with Gasteiger partial charge in [0, 0.05) is 34.9 Å². The molecule has 0 radical (unpaired) electrons. The lowest BCUT2D eigenvalue weighted by Crippen LogP contribution is -2.02. The number of allylic oxidation sites excluding steroid dienone is 4. The number of hydrogen-bond acceptors (Lipinski definition) is 6. The molecule has 0 spiro atoms. The Morgan fingerprint density at radius 2 is 0.929 bits per heavy atom. The third kappa shape index (κ3) is 5.29. The number of ether oxygens (including phenoxy) is 2. The van der Waals surface area contributed by atoms with E-state index in [9.17, 15) is 9.59 Å². The summed E-state index contributed by atoms with van der Waals surface area (Å²) in [5.74, 6) is -0.513. The number of rotatable bonds is 6. The fourth-order valence-electron chi connectivity index (χ4n) is 5.67. The van der Waals surface area contributed by atoms with Gasteiger partial charge in [-0.05, 0) is 123 Å². The number of H-pyrrole nitrogens is 2. The summed E-state index contributed by atoms with van der Waals surface area (Å²) in [5, 5.41) is 0. The number of methoxy groups -OCH3 is 2. The first-order valence-corrected chi connectivity index (χ1v) is 14.3. The molecular weight excluding hydrogens is 529 g/mol. The van der Waals surface area contributed by atoms with Crippen LogP contribution in [0.4, 0.5) is 0 Å². The minimum absolute atomic E-state index is 0.256. The van der Waals surface area contributed by atoms with Gasteiger partial charge in [-0.25, -0.2) is 9.97 Å². The van der Waals surface area contributed by atoms with E-state index in [0.717, 1.165) is 89.4 Å². The molecule has 0 aromatic carbocycles. The van der Waals surface area contributed by atoms with Crippen molar-refractivity contribution in [2.24, 2.45) is 0 Å². The molecule has 2 N–H and O–H groups in total. The summed E-state index contributed by atoms with van der Waals surface area (Å²) in [6.07, 6.45) is 1.58. The summed E-state index contributed by atoms with van der Waals surface area (Å²) in [7, 11) is 2.82. The van der Waals surface area contributed by atoms with Crippen molar-refractivity contribution >= 4 is 56.3 Å². The van der Waals surface area contributed by atoms with E-state index in [0.29, 0.717) is 12.8 Å². The van der Waals surface area contributed by atoms with Crippen molar-refractivity contribution in [1.82, 2.24) is 19.9 Å². The van der Waals surface area contributed by atoms with Crippen molar-refractivity contribution < 1.29 is 19.1 Å². The number of esters is 2. The van der Waals surface area contributed by atoms with E-state index in [1.807, 2.05) is 0 Å². The van der Waals surface area contributed by atoms with E-state index >= 15 is 0 Å². The Hall–Kier alpha value is -4.46. The maximum Gasteiger partial charge on any atom is 0.305 e. The Labute approximate surface area is 245 Å². The van der Waals surface area contributed by atoms with Gasteiger partial charge in [0.05, 0.1) is 37.0 Å². The maximum atomic E-state index is 12.1. The molecule has 5 rings (SSSR count). The minimum Gasteiger partial charge on any atom is -0.469 e. The molecule has 8 bridgehead atoms. The van der Waals surface area contributed by atoms with Gasteiger partial charge in [-0.3, -0.25) is 9.59 Å². The predicted octanol–water partition coefficient (Wildman–Crippen LogP) is 7.04. The number of carbonyl (C=O) groups excluding carboxylic acids is 2. The number of nitrogens with zero attached hydrogens (tertiary/aromatic N) is 2. The minimum atomic E-state index is -0.256. The van der Waals surface area contributed by atoms with Crippen LogP contribution >= 0.6 is 0 Å². The van der Waals surface area contributed by atoms with Crippen molar-refractivity contribution in [3.05, 3.63) is 69.3 Å². The second-order valence-corrected chi connectivity index (χ2v) is 11.1. The monoisotopic (exact) mass is 567 g/mol. The van der Waals surface area contributed by atoms with Crippen molar-refractivity contribution in [2.45, 2.75) is 67.2 Å². The number of aryl methyl sites for hydroxylation is 4. The number of nitrogens with one attached hydrogen (secondary N) is 2. The van der Waals surface area contributed by atoms with Crippen LogP contribution in [0, 0.1) is 13.8 Å². The largest absolute Gasteiger partial charge is 0.469 e. The SMILES string of the molecule is COC(=O)CCc1c(C)c2cc3nc([13cH]c4nc(cc5[nH]c(cc1[nH]2)c(CCC(=O)OC)c5C)C(C)=C4C)C(C)=C3C. The van der Waals surface area contributed by atoms with Gasteiger partial charge in [0.25, 0.3) is 0 Å². The highest BCUT2D eigenvalue weighted by atomic mass is 16.5. The molecular formula is C34H38N4O4. The van der Waals surface area contributed by atoms with Gasteiger partial charge in [0.15, 0.2) is 0 Å². The molecule has 0 saturated carbocycles. The zero-order valence-electron chi connectivity index (χ0n) is 25.7. The number of hydrogen-bond donors (Lipinski definition) is 2. The predicted molar refractivity (Wildman–Crippen MR) is 167 cm³/mol. The Kier molecular flexibility index (Phi) is 7.91. The van der Waals surface area contributed by atoms with E-state index in [1.165, 1.54) is 14.2 Å². The van der Waals surface area contributed by atoms with E-state index in [4.69, 9.17) is 19.4 Å². The van der Waals surface area contributed by atoms with Crippen molar-refractivity contribution in [1.29, 1.82) is 0 Å². The van der Waals surface area contributed by atoms with Crippen LogP contribution in [0.2, 0.25) is 0 Å². The second kappa shape index (κ2) is 11.4. The lowest BCUT2D eigenvalue weighted by molar-refractivity contribution is -0.141. The maximum absolute atomic E-state index is 12.1. The van der Waals surface area contributed by atoms with Gasteiger partial charge >= 0.3 is 11.9 Å². The summed E-state index contributed by atoms with van der Waals surface area (Å²) in [6.45, 7) is 12.5. The number of carbonyl (C=O) groups is 2. The summed E-state index contributed by atoms with van der Waals surface area (Å²) in [6, 6.07) is 8.32. The normalized spacial score (nSPS) is 13.1. The molecule has 0 unspecified atom stereocenters.